The van der Waals surface area contributed by atoms with Crippen LogP contribution in [0.3, 0.4) is 0 Å². The van der Waals surface area contributed by atoms with Crippen molar-refractivity contribution in [3.05, 3.63) is 61.8 Å². The number of piperidine rings is 1. The van der Waals surface area contributed by atoms with E-state index in [2.05, 4.69) is 28.6 Å². The molecule has 1 aliphatic rings. The van der Waals surface area contributed by atoms with E-state index in [1.807, 2.05) is 6.07 Å². The van der Waals surface area contributed by atoms with Gasteiger partial charge in [0.25, 0.3) is 11.6 Å². The largest absolute Gasteiger partial charge is 0.350 e. The summed E-state index contributed by atoms with van der Waals surface area (Å²) in [7, 11) is 0. The van der Waals surface area contributed by atoms with Gasteiger partial charge in [-0.3, -0.25) is 19.8 Å². The number of benzene rings is 1. The van der Waals surface area contributed by atoms with E-state index in [0.29, 0.717) is 17.7 Å². The summed E-state index contributed by atoms with van der Waals surface area (Å²) in [5.41, 5.74) is 0.980. The van der Waals surface area contributed by atoms with Gasteiger partial charge in [0.15, 0.2) is 0 Å². The normalized spacial score (nSPS) is 16.8. The molecule has 1 atom stereocenters. The number of hydrogen-bond acceptors (Lipinski definition) is 5. The first-order valence-electron chi connectivity index (χ1n) is 9.26. The molecule has 0 bridgehead atoms. The van der Waals surface area contributed by atoms with E-state index >= 15 is 0 Å². The van der Waals surface area contributed by atoms with Crippen LogP contribution in [0.5, 0.6) is 0 Å². The maximum absolute atomic E-state index is 12.6. The summed E-state index contributed by atoms with van der Waals surface area (Å²) in [5, 5.41) is 16.0. The summed E-state index contributed by atoms with van der Waals surface area (Å²) >= 11 is 1.71. The summed E-state index contributed by atoms with van der Waals surface area (Å²) in [6.45, 7) is 6.55. The topological polar surface area (TPSA) is 75.5 Å². The van der Waals surface area contributed by atoms with Crippen molar-refractivity contribution < 1.29 is 9.72 Å². The third kappa shape index (κ3) is 4.73. The lowest BCUT2D eigenvalue weighted by Crippen LogP contribution is -2.41. The number of nitro benzene ring substituents is 1. The van der Waals surface area contributed by atoms with E-state index in [-0.39, 0.29) is 17.6 Å². The number of amides is 1. The Labute approximate surface area is 163 Å². The Kier molecular flexibility index (Phi) is 6.23. The molecule has 3 rings (SSSR count). The van der Waals surface area contributed by atoms with Gasteiger partial charge in [-0.15, -0.1) is 11.3 Å². The smallest absolute Gasteiger partial charge is 0.272 e. The molecule has 1 unspecified atom stereocenters. The molecule has 1 aromatic heterocycles. The van der Waals surface area contributed by atoms with Gasteiger partial charge < -0.3 is 5.32 Å². The van der Waals surface area contributed by atoms with Crippen LogP contribution in [0.1, 0.15) is 46.6 Å². The van der Waals surface area contributed by atoms with Gasteiger partial charge in [-0.2, -0.15) is 0 Å². The Morgan fingerprint density at radius 1 is 1.37 bits per heavy atom. The van der Waals surface area contributed by atoms with Crippen LogP contribution in [0.25, 0.3) is 0 Å². The third-order valence-electron chi connectivity index (χ3n) is 5.24. The Hall–Kier alpha value is -2.25. The van der Waals surface area contributed by atoms with Crippen molar-refractivity contribution in [2.75, 3.05) is 19.6 Å². The molecular weight excluding hydrogens is 362 g/mol. The van der Waals surface area contributed by atoms with E-state index in [1.54, 1.807) is 24.3 Å². The number of nitrogens with zero attached hydrogens (tertiary/aromatic N) is 2. The molecule has 6 nitrogen and oxygen atoms in total. The molecule has 2 aromatic rings. The molecule has 0 saturated carbocycles. The number of nitrogens with one attached hydrogen (secondary N) is 1. The van der Waals surface area contributed by atoms with Crippen LogP contribution in [-0.2, 0) is 0 Å². The molecule has 27 heavy (non-hydrogen) atoms. The fraction of sp³-hybridized carbons (Fsp3) is 0.450. The molecule has 1 saturated heterocycles. The fourth-order valence-corrected chi connectivity index (χ4v) is 4.38. The number of thiophene rings is 1. The van der Waals surface area contributed by atoms with Crippen LogP contribution in [0, 0.1) is 23.0 Å². The zero-order valence-corrected chi connectivity index (χ0v) is 16.5. The summed E-state index contributed by atoms with van der Waals surface area (Å²) in [6.07, 6.45) is 2.36. The SMILES string of the molecule is Cc1cc(C(=O)NCC(c2cccs2)N2CCC(C)CC2)ccc1[N+](=O)[O-]. The summed E-state index contributed by atoms with van der Waals surface area (Å²) < 4.78 is 0. The van der Waals surface area contributed by atoms with Crippen LogP contribution in [-0.4, -0.2) is 35.4 Å². The van der Waals surface area contributed by atoms with Crippen LogP contribution in [0.15, 0.2) is 35.7 Å². The maximum atomic E-state index is 12.6. The van der Waals surface area contributed by atoms with Gasteiger partial charge in [0.1, 0.15) is 0 Å². The van der Waals surface area contributed by atoms with E-state index < -0.39 is 4.92 Å². The molecule has 144 valence electrons. The molecular formula is C20H25N3O3S. The van der Waals surface area contributed by atoms with Crippen molar-refractivity contribution in [3.8, 4) is 0 Å². The van der Waals surface area contributed by atoms with Crippen LogP contribution in [0.2, 0.25) is 0 Å². The molecule has 0 spiro atoms. The number of likely N-dealkylation sites (tertiary alicyclic amines) is 1. The number of carbonyl (C=O) groups is 1. The van der Waals surface area contributed by atoms with Gasteiger partial charge >= 0.3 is 0 Å². The first kappa shape index (κ1) is 19.5. The molecule has 2 heterocycles. The average molecular weight is 388 g/mol. The summed E-state index contributed by atoms with van der Waals surface area (Å²) in [6, 6.07) is 8.82. The first-order chi connectivity index (χ1) is 13.0. The minimum absolute atomic E-state index is 0.0328. The van der Waals surface area contributed by atoms with Crippen LogP contribution < -0.4 is 5.32 Å². The molecule has 0 aliphatic carbocycles. The first-order valence-corrected chi connectivity index (χ1v) is 10.1. The van der Waals surface area contributed by atoms with Crippen molar-refractivity contribution in [1.29, 1.82) is 0 Å². The molecule has 1 aromatic carbocycles. The third-order valence-corrected chi connectivity index (χ3v) is 6.22. The predicted octanol–water partition coefficient (Wildman–Crippen LogP) is 4.17. The molecule has 1 aliphatic heterocycles. The molecule has 7 heteroatoms. The van der Waals surface area contributed by atoms with E-state index in [4.69, 9.17) is 0 Å². The lowest BCUT2D eigenvalue weighted by Gasteiger charge is -2.36. The molecule has 1 amide bonds. The van der Waals surface area contributed by atoms with Crippen molar-refractivity contribution in [3.63, 3.8) is 0 Å². The van der Waals surface area contributed by atoms with Crippen molar-refractivity contribution in [2.24, 2.45) is 5.92 Å². The minimum Gasteiger partial charge on any atom is -0.350 e. The highest BCUT2D eigenvalue weighted by atomic mass is 32.1. The standard InChI is InChI=1S/C20H25N3O3S/c1-14-7-9-22(10-8-14)18(19-4-3-11-27-19)13-21-20(24)16-5-6-17(23(25)26)15(2)12-16/h3-6,11-12,14,18H,7-10,13H2,1-2H3,(H,21,24). The van der Waals surface area contributed by atoms with Crippen molar-refractivity contribution in [1.82, 2.24) is 10.2 Å². The lowest BCUT2D eigenvalue weighted by atomic mass is 9.97. The van der Waals surface area contributed by atoms with Crippen LogP contribution >= 0.6 is 11.3 Å². The Balaban J connectivity index is 1.69. The highest BCUT2D eigenvalue weighted by Crippen LogP contribution is 2.29. The summed E-state index contributed by atoms with van der Waals surface area (Å²) in [4.78, 5) is 26.8. The monoisotopic (exact) mass is 387 g/mol. The zero-order chi connectivity index (χ0) is 19.4. The quantitative estimate of drug-likeness (QED) is 0.596. The van der Waals surface area contributed by atoms with Gasteiger partial charge in [0, 0.05) is 28.6 Å². The van der Waals surface area contributed by atoms with Gasteiger partial charge in [-0.1, -0.05) is 13.0 Å². The molecule has 1 fully saturated rings. The minimum atomic E-state index is -0.429. The van der Waals surface area contributed by atoms with Gasteiger partial charge in [0.05, 0.1) is 11.0 Å². The second kappa shape index (κ2) is 8.63. The number of rotatable bonds is 6. The van der Waals surface area contributed by atoms with E-state index in [1.165, 1.54) is 29.9 Å². The van der Waals surface area contributed by atoms with E-state index in [9.17, 15) is 14.9 Å². The molecule has 1 N–H and O–H groups in total. The highest BCUT2D eigenvalue weighted by molar-refractivity contribution is 7.10. The number of nitro groups is 1. The van der Waals surface area contributed by atoms with Gasteiger partial charge in [-0.25, -0.2) is 0 Å². The molecule has 0 radical (unpaired) electrons. The second-order valence-corrected chi connectivity index (χ2v) is 8.20. The fourth-order valence-electron chi connectivity index (χ4n) is 3.52. The van der Waals surface area contributed by atoms with E-state index in [0.717, 1.165) is 19.0 Å². The van der Waals surface area contributed by atoms with Crippen LogP contribution in [0.4, 0.5) is 5.69 Å². The number of hydrogen-bond donors (Lipinski definition) is 1. The number of carbonyl (C=O) groups excluding carboxylic acids is 1. The van der Waals surface area contributed by atoms with Gasteiger partial charge in [-0.05, 0) is 62.4 Å². The lowest BCUT2D eigenvalue weighted by molar-refractivity contribution is -0.385. The Bertz CT molecular complexity index is 799. The zero-order valence-electron chi connectivity index (χ0n) is 15.7. The summed E-state index contributed by atoms with van der Waals surface area (Å²) in [5.74, 6) is 0.558. The second-order valence-electron chi connectivity index (χ2n) is 7.22. The highest BCUT2D eigenvalue weighted by Gasteiger charge is 2.26. The number of aryl methyl sites for hydroxylation is 1. The average Bonchev–Trinajstić information content (AvgIpc) is 3.17. The Morgan fingerprint density at radius 3 is 2.70 bits per heavy atom. The maximum Gasteiger partial charge on any atom is 0.272 e. The van der Waals surface area contributed by atoms with Crippen molar-refractivity contribution in [2.45, 2.75) is 32.7 Å². The predicted molar refractivity (Wildman–Crippen MR) is 107 cm³/mol. The van der Waals surface area contributed by atoms with Gasteiger partial charge in [0.2, 0.25) is 0 Å². The van der Waals surface area contributed by atoms with Crippen molar-refractivity contribution >= 4 is 22.9 Å². The Morgan fingerprint density at radius 2 is 2.11 bits per heavy atom.